The maximum absolute atomic E-state index is 11.2. The molecule has 0 bridgehead atoms. The maximum Gasteiger partial charge on any atom is 0.115 e. The number of unbranched alkanes of at least 4 members (excludes halogenated alkanes) is 2. The van der Waals surface area contributed by atoms with E-state index in [9.17, 15) is 107 Å². The van der Waals surface area contributed by atoms with Crippen LogP contribution in [0.5, 0.6) is 0 Å². The predicted octanol–water partition coefficient (Wildman–Crippen LogP) is 0.0396. The number of rotatable bonds is 45. The second-order valence-electron chi connectivity index (χ2n) is 27.7. The zero-order valence-electron chi connectivity index (χ0n) is 56.8. The Balaban J connectivity index is 1.42. The summed E-state index contributed by atoms with van der Waals surface area (Å²) in [4.78, 5) is 0. The summed E-state index contributed by atoms with van der Waals surface area (Å²) in [5.41, 5.74) is 1.35. The third-order valence-corrected chi connectivity index (χ3v) is 18.6. The molecule has 0 radical (unpaired) electrons. The van der Waals surface area contributed by atoms with Crippen LogP contribution in [0.25, 0.3) is 0 Å². The number of hydrogen-bond acceptors (Lipinski definition) is 25. The first-order valence-corrected chi connectivity index (χ1v) is 34.3. The smallest absolute Gasteiger partial charge is 0.115 e. The van der Waals surface area contributed by atoms with Gasteiger partial charge in [0.2, 0.25) is 0 Å². The van der Waals surface area contributed by atoms with Crippen LogP contribution in [0.2, 0.25) is 0 Å². The molecule has 0 spiro atoms. The van der Waals surface area contributed by atoms with Gasteiger partial charge >= 0.3 is 0 Å². The fraction of sp³-hybridized carbons (Fsp3) is 0.775. The van der Waals surface area contributed by atoms with Crippen molar-refractivity contribution in [3.63, 3.8) is 0 Å². The summed E-state index contributed by atoms with van der Waals surface area (Å²) in [6.45, 7) is 15.8. The topological polar surface area (TPSA) is 473 Å². The van der Waals surface area contributed by atoms with E-state index in [1.165, 1.54) is 12.2 Å². The molecule has 3 heterocycles. The van der Waals surface area contributed by atoms with Gasteiger partial charge in [0.1, 0.15) is 67.1 Å². The van der Waals surface area contributed by atoms with Gasteiger partial charge in [-0.15, -0.1) is 6.58 Å². The van der Waals surface area contributed by atoms with Gasteiger partial charge in [0.25, 0.3) is 0 Å². The highest BCUT2D eigenvalue weighted by molar-refractivity contribution is 5.13. The molecule has 22 N–H and O–H groups in total. The normalized spacial score (nSPS) is 30.8. The molecule has 556 valence electrons. The van der Waals surface area contributed by atoms with E-state index in [1.54, 1.807) is 19.9 Å². The maximum atomic E-state index is 11.2. The van der Waals surface area contributed by atoms with Crippen molar-refractivity contribution in [2.75, 3.05) is 6.61 Å². The highest BCUT2D eigenvalue weighted by Gasteiger charge is 2.48. The van der Waals surface area contributed by atoms with Gasteiger partial charge in [0, 0.05) is 38.5 Å². The van der Waals surface area contributed by atoms with Crippen LogP contribution >= 0.6 is 0 Å². The average molecular weight is 1380 g/mol. The fourth-order valence-electron chi connectivity index (χ4n) is 12.9. The molecule has 0 saturated carbocycles. The number of hydrogen-bond donors (Lipinski definition) is 22. The quantitative estimate of drug-likeness (QED) is 0.0217. The molecule has 3 aliphatic heterocycles. The minimum Gasteiger partial charge on any atom is -0.394 e. The Morgan fingerprint density at radius 3 is 1.66 bits per heavy atom. The van der Waals surface area contributed by atoms with Crippen molar-refractivity contribution in [1.29, 1.82) is 0 Å². The second kappa shape index (κ2) is 45.0. The van der Waals surface area contributed by atoms with Gasteiger partial charge in [0.05, 0.1) is 104 Å². The van der Waals surface area contributed by atoms with E-state index in [0.29, 0.717) is 37.7 Å². The molecule has 25 heteroatoms. The van der Waals surface area contributed by atoms with Crippen LogP contribution in [-0.4, -0.2) is 284 Å². The van der Waals surface area contributed by atoms with Crippen molar-refractivity contribution in [2.45, 2.75) is 321 Å². The first kappa shape index (κ1) is 87.1. The molecule has 0 aromatic heterocycles. The van der Waals surface area contributed by atoms with Gasteiger partial charge in [-0.1, -0.05) is 105 Å². The van der Waals surface area contributed by atoms with Crippen LogP contribution in [0.3, 0.4) is 0 Å². The number of allylic oxidation sites excluding steroid dienone is 10. The lowest BCUT2D eigenvalue weighted by Gasteiger charge is -2.42. The van der Waals surface area contributed by atoms with Crippen molar-refractivity contribution in [2.24, 2.45) is 17.8 Å². The lowest BCUT2D eigenvalue weighted by atomic mass is 9.86. The van der Waals surface area contributed by atoms with E-state index in [0.717, 1.165) is 18.4 Å². The standard InChI is InChI=1S/C71H122O25/c1-8-9-10-11-12-13-14-15-16-17-18-19-20-51(79)65(89)70-68(92)57(85)37-61(96-70)69(93)63(87)43(6)22-24-50(78)58-36-56(84)67(91)71(95-58)66(90)53(81)29-39(2)21-23-45(73)33-54(82)62(86)44(7)31-47(75)27-41(4)25-40(3)26-46(74)28-42(5)30-52(80)59-35-55(83)64(88)60(94-59)34-48(76)32-49(77)38-72/h8,11-16,19-20,25,29,41-42,44-93H,1,6,9-10,17-18,21-24,26-28,30-38H2,2-5,7H3/b12-11+,14-13+,16-15+,20-19-,39-29-,40-25+. The molecule has 3 saturated heterocycles. The number of aliphatic hydroxyl groups excluding tert-OH is 22. The minimum atomic E-state index is -1.83. The van der Waals surface area contributed by atoms with Crippen LogP contribution in [0.15, 0.2) is 96.7 Å². The zero-order chi connectivity index (χ0) is 72.1. The summed E-state index contributed by atoms with van der Waals surface area (Å²) in [6.07, 6.45) is -14.4. The Hall–Kier alpha value is -3.08. The van der Waals surface area contributed by atoms with Crippen LogP contribution in [0.1, 0.15) is 157 Å². The van der Waals surface area contributed by atoms with Crippen molar-refractivity contribution in [3.8, 4) is 0 Å². The molecule has 0 aromatic rings. The van der Waals surface area contributed by atoms with E-state index >= 15 is 0 Å². The summed E-state index contributed by atoms with van der Waals surface area (Å²) in [6, 6.07) is 0. The molecular weight excluding hydrogens is 1250 g/mol. The Labute approximate surface area is 567 Å². The monoisotopic (exact) mass is 1370 g/mol. The lowest BCUT2D eigenvalue weighted by Crippen LogP contribution is -2.59. The summed E-state index contributed by atoms with van der Waals surface area (Å²) in [5.74, 6) is -0.907. The van der Waals surface area contributed by atoms with Crippen LogP contribution in [-0.2, 0) is 14.2 Å². The van der Waals surface area contributed by atoms with Crippen molar-refractivity contribution >= 4 is 0 Å². The van der Waals surface area contributed by atoms with E-state index in [4.69, 9.17) is 19.3 Å². The summed E-state index contributed by atoms with van der Waals surface area (Å²) in [5, 5.41) is 236. The van der Waals surface area contributed by atoms with Crippen LogP contribution in [0, 0.1) is 17.8 Å². The van der Waals surface area contributed by atoms with E-state index < -0.39 is 177 Å². The molecule has 96 heavy (non-hydrogen) atoms. The van der Waals surface area contributed by atoms with Gasteiger partial charge in [-0.25, -0.2) is 0 Å². The summed E-state index contributed by atoms with van der Waals surface area (Å²) < 4.78 is 17.5. The van der Waals surface area contributed by atoms with Gasteiger partial charge in [0.15, 0.2) is 0 Å². The minimum absolute atomic E-state index is 0.00396. The molecule has 0 aromatic carbocycles. The first-order valence-electron chi connectivity index (χ1n) is 34.3. The van der Waals surface area contributed by atoms with Crippen LogP contribution < -0.4 is 0 Å². The van der Waals surface area contributed by atoms with E-state index in [-0.39, 0.29) is 94.5 Å². The fourth-order valence-corrected chi connectivity index (χ4v) is 12.9. The Morgan fingerprint density at radius 1 is 0.500 bits per heavy atom. The lowest BCUT2D eigenvalue weighted by molar-refractivity contribution is -0.234. The van der Waals surface area contributed by atoms with E-state index in [2.05, 4.69) is 13.2 Å². The molecule has 3 fully saturated rings. The Bertz CT molecular complexity index is 2350. The predicted molar refractivity (Wildman–Crippen MR) is 358 cm³/mol. The largest absolute Gasteiger partial charge is 0.394 e. The number of aliphatic hydroxyl groups is 22. The first-order chi connectivity index (χ1) is 45.2. The molecular formula is C71H122O25. The highest BCUT2D eigenvalue weighted by atomic mass is 16.6. The van der Waals surface area contributed by atoms with Gasteiger partial charge < -0.3 is 127 Å². The van der Waals surface area contributed by atoms with Gasteiger partial charge in [-0.2, -0.15) is 0 Å². The molecule has 30 unspecified atom stereocenters. The van der Waals surface area contributed by atoms with Crippen LogP contribution in [0.4, 0.5) is 0 Å². The van der Waals surface area contributed by atoms with Crippen molar-refractivity contribution in [1.82, 2.24) is 0 Å². The molecule has 3 rings (SSSR count). The second-order valence-corrected chi connectivity index (χ2v) is 27.7. The van der Waals surface area contributed by atoms with Gasteiger partial charge in [-0.3, -0.25) is 0 Å². The van der Waals surface area contributed by atoms with Gasteiger partial charge in [-0.05, 0) is 121 Å². The van der Waals surface area contributed by atoms with E-state index in [1.807, 2.05) is 69.4 Å². The SMILES string of the molecule is C=CCC/C=C/C=C/C=C/CC/C=C\C(O)C(O)C1OC(C(O)C(O)C(=C)CCC(O)C2CC(O)C(O)C(C(O)C(O)/C=C(/C)CCC(O)CC(O)C(O)C(C)CC(O)CC(C)/C=C(\C)CC(O)CC(C)CC(O)C3CC(O)C(O)C(CC(O)CC(O)CO)O3)O2)CC(O)C1O. The average Bonchev–Trinajstić information content (AvgIpc) is 0.830. The van der Waals surface area contributed by atoms with Crippen molar-refractivity contribution < 1.29 is 127 Å². The Kier molecular flexibility index (Phi) is 40.9. The molecule has 0 amide bonds. The Morgan fingerprint density at radius 2 is 1.05 bits per heavy atom. The number of ether oxygens (including phenoxy) is 3. The molecule has 0 aliphatic carbocycles. The third-order valence-electron chi connectivity index (χ3n) is 18.6. The highest BCUT2D eigenvalue weighted by Crippen LogP contribution is 2.34. The molecule has 3 aliphatic rings. The zero-order valence-corrected chi connectivity index (χ0v) is 56.8. The summed E-state index contributed by atoms with van der Waals surface area (Å²) >= 11 is 0. The molecule has 30 atom stereocenters. The van der Waals surface area contributed by atoms with Crippen molar-refractivity contribution in [3.05, 3.63) is 96.7 Å². The molecule has 25 nitrogen and oxygen atoms in total. The third kappa shape index (κ3) is 30.6. The summed E-state index contributed by atoms with van der Waals surface area (Å²) in [7, 11) is 0.